The molecule has 0 unspecified atom stereocenters. The van der Waals surface area contributed by atoms with Crippen LogP contribution in [0.25, 0.3) is 0 Å². The number of rotatable bonds is 7. The molecule has 4 amide bonds. The lowest BCUT2D eigenvalue weighted by Crippen LogP contribution is -2.49. The second kappa shape index (κ2) is 9.34. The van der Waals surface area contributed by atoms with E-state index >= 15 is 0 Å². The van der Waals surface area contributed by atoms with Gasteiger partial charge in [-0.15, -0.1) is 0 Å². The third-order valence-corrected chi connectivity index (χ3v) is 5.13. The van der Waals surface area contributed by atoms with Crippen LogP contribution in [-0.2, 0) is 19.2 Å². The third kappa shape index (κ3) is 5.09. The van der Waals surface area contributed by atoms with Crippen molar-refractivity contribution in [3.63, 3.8) is 0 Å². The van der Waals surface area contributed by atoms with Crippen molar-refractivity contribution in [1.29, 1.82) is 0 Å². The fourth-order valence-corrected chi connectivity index (χ4v) is 3.49. The van der Waals surface area contributed by atoms with Gasteiger partial charge in [-0.25, -0.2) is 0 Å². The Morgan fingerprint density at radius 2 is 1.54 bits per heavy atom. The van der Waals surface area contributed by atoms with E-state index in [1.54, 1.807) is 0 Å². The van der Waals surface area contributed by atoms with Crippen molar-refractivity contribution in [3.05, 3.63) is 30.3 Å². The summed E-state index contributed by atoms with van der Waals surface area (Å²) in [7, 11) is 0. The largest absolute Gasteiger partial charge is 0.368 e. The van der Waals surface area contributed by atoms with Crippen LogP contribution in [0.5, 0.6) is 0 Å². The first-order valence-electron chi connectivity index (χ1n) is 9.72. The summed E-state index contributed by atoms with van der Waals surface area (Å²) in [5, 5.41) is 2.69. The lowest BCUT2D eigenvalue weighted by atomic mass is 10.2. The fourth-order valence-electron chi connectivity index (χ4n) is 3.49. The normalized spacial score (nSPS) is 17.2. The SMILES string of the molecule is O=C(CCN1C(=O)CCC1=O)NCCC(=O)N1CCN(c2ccccc2)CC1. The Morgan fingerprint density at radius 1 is 0.893 bits per heavy atom. The maximum atomic E-state index is 12.3. The van der Waals surface area contributed by atoms with Crippen LogP contribution in [0.3, 0.4) is 0 Å². The average Bonchev–Trinajstić information content (AvgIpc) is 3.04. The second-order valence-electron chi connectivity index (χ2n) is 6.99. The van der Waals surface area contributed by atoms with Gasteiger partial charge in [0.2, 0.25) is 23.6 Å². The quantitative estimate of drug-likeness (QED) is 0.685. The van der Waals surface area contributed by atoms with Gasteiger partial charge in [-0.3, -0.25) is 24.1 Å². The second-order valence-corrected chi connectivity index (χ2v) is 6.99. The van der Waals surface area contributed by atoms with Gasteiger partial charge in [-0.05, 0) is 12.1 Å². The predicted octanol–water partition coefficient (Wildman–Crippen LogP) is 0.381. The molecule has 0 radical (unpaired) electrons. The van der Waals surface area contributed by atoms with Gasteiger partial charge in [0.15, 0.2) is 0 Å². The molecule has 0 spiro atoms. The molecule has 0 atom stereocenters. The van der Waals surface area contributed by atoms with E-state index in [1.165, 1.54) is 0 Å². The molecule has 0 aliphatic carbocycles. The highest BCUT2D eigenvalue weighted by Crippen LogP contribution is 2.16. The molecule has 2 aliphatic rings. The summed E-state index contributed by atoms with van der Waals surface area (Å²) in [6.45, 7) is 3.29. The molecular formula is C20H26N4O4. The molecule has 1 aromatic carbocycles. The van der Waals surface area contributed by atoms with Gasteiger partial charge in [0.25, 0.3) is 0 Å². The first kappa shape index (κ1) is 19.9. The van der Waals surface area contributed by atoms with Crippen LogP contribution in [0, 0.1) is 0 Å². The molecule has 8 nitrogen and oxygen atoms in total. The molecule has 0 bridgehead atoms. The lowest BCUT2D eigenvalue weighted by molar-refractivity contribution is -0.138. The Bertz CT molecular complexity index is 713. The lowest BCUT2D eigenvalue weighted by Gasteiger charge is -2.36. The molecule has 0 aromatic heterocycles. The van der Waals surface area contributed by atoms with Crippen molar-refractivity contribution < 1.29 is 19.2 Å². The maximum Gasteiger partial charge on any atom is 0.229 e. The van der Waals surface area contributed by atoms with Crippen molar-refractivity contribution in [3.8, 4) is 0 Å². The minimum atomic E-state index is -0.255. The van der Waals surface area contributed by atoms with E-state index in [9.17, 15) is 19.2 Å². The highest BCUT2D eigenvalue weighted by atomic mass is 16.2. The number of nitrogens with zero attached hydrogens (tertiary/aromatic N) is 3. The summed E-state index contributed by atoms with van der Waals surface area (Å²) in [5.41, 5.74) is 1.16. The molecular weight excluding hydrogens is 360 g/mol. The smallest absolute Gasteiger partial charge is 0.229 e. The zero-order valence-electron chi connectivity index (χ0n) is 15.9. The first-order chi connectivity index (χ1) is 13.5. The topological polar surface area (TPSA) is 90.0 Å². The van der Waals surface area contributed by atoms with Crippen molar-refractivity contribution in [1.82, 2.24) is 15.1 Å². The maximum absolute atomic E-state index is 12.3. The molecule has 1 aromatic rings. The highest BCUT2D eigenvalue weighted by Gasteiger charge is 2.28. The average molecular weight is 386 g/mol. The van der Waals surface area contributed by atoms with E-state index in [1.807, 2.05) is 23.1 Å². The summed E-state index contributed by atoms with van der Waals surface area (Å²) in [4.78, 5) is 52.5. The molecule has 28 heavy (non-hydrogen) atoms. The van der Waals surface area contributed by atoms with Crippen molar-refractivity contribution in [2.75, 3.05) is 44.2 Å². The highest BCUT2D eigenvalue weighted by molar-refractivity contribution is 6.02. The van der Waals surface area contributed by atoms with Gasteiger partial charge in [-0.2, -0.15) is 0 Å². The van der Waals surface area contributed by atoms with Crippen LogP contribution in [0.1, 0.15) is 25.7 Å². The van der Waals surface area contributed by atoms with Crippen molar-refractivity contribution in [2.45, 2.75) is 25.7 Å². The van der Waals surface area contributed by atoms with Crippen LogP contribution < -0.4 is 10.2 Å². The van der Waals surface area contributed by atoms with Crippen molar-refractivity contribution >= 4 is 29.3 Å². The molecule has 2 fully saturated rings. The molecule has 3 rings (SSSR count). The zero-order chi connectivity index (χ0) is 19.9. The molecule has 0 saturated carbocycles. The Balaban J connectivity index is 1.32. The fraction of sp³-hybridized carbons (Fsp3) is 0.500. The molecule has 1 N–H and O–H groups in total. The van der Waals surface area contributed by atoms with Gasteiger partial charge < -0.3 is 15.1 Å². The summed E-state index contributed by atoms with van der Waals surface area (Å²) in [6, 6.07) is 10.1. The van der Waals surface area contributed by atoms with Gasteiger partial charge >= 0.3 is 0 Å². The molecule has 2 heterocycles. The Labute approximate surface area is 164 Å². The zero-order valence-corrected chi connectivity index (χ0v) is 15.9. The number of nitrogens with one attached hydrogen (secondary N) is 1. The van der Waals surface area contributed by atoms with E-state index in [-0.39, 0.29) is 62.4 Å². The molecule has 2 aliphatic heterocycles. The first-order valence-corrected chi connectivity index (χ1v) is 9.72. The van der Waals surface area contributed by atoms with E-state index in [0.717, 1.165) is 23.7 Å². The number of amides is 4. The summed E-state index contributed by atoms with van der Waals surface area (Å²) >= 11 is 0. The minimum absolute atomic E-state index is 0.0258. The number of carbonyl (C=O) groups is 4. The minimum Gasteiger partial charge on any atom is -0.368 e. The predicted molar refractivity (Wildman–Crippen MR) is 103 cm³/mol. The van der Waals surface area contributed by atoms with Crippen LogP contribution in [0.2, 0.25) is 0 Å². The standard InChI is InChI=1S/C20H26N4O4/c25-17(9-11-24-19(27)6-7-20(24)28)21-10-8-18(26)23-14-12-22(13-15-23)16-4-2-1-3-5-16/h1-5H,6-15H2,(H,21,25). The third-order valence-electron chi connectivity index (χ3n) is 5.13. The summed E-state index contributed by atoms with van der Waals surface area (Å²) < 4.78 is 0. The number of imide groups is 1. The number of hydrogen-bond acceptors (Lipinski definition) is 5. The van der Waals surface area contributed by atoms with Gasteiger partial charge in [0.1, 0.15) is 0 Å². The summed E-state index contributed by atoms with van der Waals surface area (Å²) in [6.07, 6.45) is 0.777. The summed E-state index contributed by atoms with van der Waals surface area (Å²) in [5.74, 6) is -0.669. The molecule has 150 valence electrons. The van der Waals surface area contributed by atoms with Gasteiger partial charge in [0, 0.05) is 70.6 Å². The van der Waals surface area contributed by atoms with Gasteiger partial charge in [0.05, 0.1) is 0 Å². The number of anilines is 1. The van der Waals surface area contributed by atoms with Crippen LogP contribution in [0.15, 0.2) is 30.3 Å². The Morgan fingerprint density at radius 3 is 2.18 bits per heavy atom. The van der Waals surface area contributed by atoms with Crippen LogP contribution >= 0.6 is 0 Å². The Hall–Kier alpha value is -2.90. The number of piperazine rings is 1. The van der Waals surface area contributed by atoms with Crippen LogP contribution in [0.4, 0.5) is 5.69 Å². The Kier molecular flexibility index (Phi) is 6.62. The monoisotopic (exact) mass is 386 g/mol. The van der Waals surface area contributed by atoms with E-state index in [0.29, 0.717) is 13.1 Å². The molecule has 2 saturated heterocycles. The van der Waals surface area contributed by atoms with E-state index in [2.05, 4.69) is 22.3 Å². The van der Waals surface area contributed by atoms with E-state index in [4.69, 9.17) is 0 Å². The number of para-hydroxylation sites is 1. The number of hydrogen-bond donors (Lipinski definition) is 1. The van der Waals surface area contributed by atoms with Crippen molar-refractivity contribution in [2.24, 2.45) is 0 Å². The van der Waals surface area contributed by atoms with Gasteiger partial charge in [-0.1, -0.05) is 18.2 Å². The van der Waals surface area contributed by atoms with E-state index < -0.39 is 0 Å². The number of benzene rings is 1. The number of likely N-dealkylation sites (tertiary alicyclic amines) is 1. The van der Waals surface area contributed by atoms with Crippen LogP contribution in [-0.4, -0.2) is 72.7 Å². The molecule has 8 heteroatoms. The number of carbonyl (C=O) groups excluding carboxylic acids is 4.